The zero-order chi connectivity index (χ0) is 18.1. The van der Waals surface area contributed by atoms with E-state index in [1.165, 1.54) is 70.6 Å². The van der Waals surface area contributed by atoms with Gasteiger partial charge in [-0.25, -0.2) is 0 Å². The lowest BCUT2D eigenvalue weighted by molar-refractivity contribution is 0.101. The molecule has 1 atom stereocenters. The summed E-state index contributed by atoms with van der Waals surface area (Å²) in [6.45, 7) is 12.2. The van der Waals surface area contributed by atoms with Crippen LogP contribution >= 0.6 is 0 Å². The van der Waals surface area contributed by atoms with E-state index in [0.29, 0.717) is 6.10 Å². The van der Waals surface area contributed by atoms with Gasteiger partial charge in [-0.15, -0.1) is 0 Å². The molecule has 2 nitrogen and oxygen atoms in total. The van der Waals surface area contributed by atoms with E-state index in [4.69, 9.17) is 8.85 Å². The molecule has 0 aliphatic rings. The third-order valence-corrected chi connectivity index (χ3v) is 8.80. The predicted molar refractivity (Wildman–Crippen MR) is 110 cm³/mol. The molecule has 0 spiro atoms. The fourth-order valence-electron chi connectivity index (χ4n) is 3.23. The topological polar surface area (TPSA) is 18.5 Å². The van der Waals surface area contributed by atoms with Crippen LogP contribution in [0.4, 0.5) is 0 Å². The highest BCUT2D eigenvalue weighted by atomic mass is 28.4. The largest absolute Gasteiger partial charge is 0.394 e. The van der Waals surface area contributed by atoms with Crippen molar-refractivity contribution < 1.29 is 8.85 Å². The lowest BCUT2D eigenvalue weighted by Gasteiger charge is -2.33. The predicted octanol–water partition coefficient (Wildman–Crippen LogP) is 7.61. The maximum absolute atomic E-state index is 6.58. The summed E-state index contributed by atoms with van der Waals surface area (Å²) in [7, 11) is -1.96. The Morgan fingerprint density at radius 2 is 1.21 bits per heavy atom. The zero-order valence-electron chi connectivity index (χ0n) is 17.5. The quantitative estimate of drug-likeness (QED) is 0.185. The van der Waals surface area contributed by atoms with Crippen LogP contribution in [-0.4, -0.2) is 21.3 Å². The van der Waals surface area contributed by atoms with Crippen LogP contribution in [0, 0.1) is 0 Å². The molecule has 0 aromatic rings. The van der Waals surface area contributed by atoms with E-state index in [9.17, 15) is 0 Å². The molecule has 0 fully saturated rings. The van der Waals surface area contributed by atoms with Gasteiger partial charge in [-0.05, 0) is 31.4 Å². The van der Waals surface area contributed by atoms with Crippen molar-refractivity contribution in [1.82, 2.24) is 0 Å². The lowest BCUT2D eigenvalue weighted by atomic mass is 10.1. The molecule has 0 rings (SSSR count). The minimum Gasteiger partial charge on any atom is -0.394 e. The maximum atomic E-state index is 6.58. The van der Waals surface area contributed by atoms with Gasteiger partial charge in [-0.3, -0.25) is 0 Å². The van der Waals surface area contributed by atoms with Gasteiger partial charge in [0.05, 0.1) is 0 Å². The molecule has 146 valence electrons. The third kappa shape index (κ3) is 11.6. The minimum absolute atomic E-state index is 0.412. The molecule has 0 aliphatic heterocycles. The van der Waals surface area contributed by atoms with Crippen LogP contribution in [0.25, 0.3) is 0 Å². The summed E-state index contributed by atoms with van der Waals surface area (Å²) < 4.78 is 13.0. The number of rotatable bonds is 18. The van der Waals surface area contributed by atoms with Crippen molar-refractivity contribution in [2.24, 2.45) is 0 Å². The Morgan fingerprint density at radius 1 is 0.667 bits per heavy atom. The van der Waals surface area contributed by atoms with Crippen LogP contribution in [0.1, 0.15) is 112 Å². The van der Waals surface area contributed by atoms with E-state index in [1.807, 2.05) is 0 Å². The Kier molecular flexibility index (Phi) is 16.7. The summed E-state index contributed by atoms with van der Waals surface area (Å²) >= 11 is 0. The molecule has 0 saturated heterocycles. The summed E-state index contributed by atoms with van der Waals surface area (Å²) in [5, 5.41) is 0. The van der Waals surface area contributed by atoms with Crippen molar-refractivity contribution in [2.75, 3.05) is 6.61 Å². The molecule has 0 aromatic carbocycles. The van der Waals surface area contributed by atoms with Gasteiger partial charge in [0.25, 0.3) is 0 Å². The van der Waals surface area contributed by atoms with Crippen LogP contribution in [0.5, 0.6) is 0 Å². The van der Waals surface area contributed by atoms with Crippen molar-refractivity contribution >= 4 is 8.56 Å². The second-order valence-corrected chi connectivity index (χ2v) is 11.0. The highest BCUT2D eigenvalue weighted by Crippen LogP contribution is 2.24. The van der Waals surface area contributed by atoms with E-state index >= 15 is 0 Å². The van der Waals surface area contributed by atoms with Crippen LogP contribution in [0.2, 0.25) is 12.1 Å². The fraction of sp³-hybridized carbons (Fsp3) is 1.00. The van der Waals surface area contributed by atoms with Crippen molar-refractivity contribution in [3.05, 3.63) is 0 Å². The molecule has 24 heavy (non-hydrogen) atoms. The van der Waals surface area contributed by atoms with Gasteiger partial charge >= 0.3 is 8.56 Å². The molecule has 0 radical (unpaired) electrons. The van der Waals surface area contributed by atoms with Gasteiger partial charge in [0.15, 0.2) is 0 Å². The van der Waals surface area contributed by atoms with E-state index in [-0.39, 0.29) is 0 Å². The molecule has 0 aliphatic carbocycles. The number of unbranched alkanes of at least 4 members (excludes halogenated alkanes) is 8. The number of hydrogen-bond donors (Lipinski definition) is 0. The smallest absolute Gasteiger partial charge is 0.337 e. The molecule has 1 unspecified atom stereocenters. The molecule has 3 heteroatoms. The summed E-state index contributed by atoms with van der Waals surface area (Å²) in [5.41, 5.74) is 0. The van der Waals surface area contributed by atoms with Crippen molar-refractivity contribution in [2.45, 2.75) is 130 Å². The van der Waals surface area contributed by atoms with Gasteiger partial charge in [0.1, 0.15) is 0 Å². The third-order valence-electron chi connectivity index (χ3n) is 5.16. The second kappa shape index (κ2) is 16.6. The highest BCUT2D eigenvalue weighted by molar-refractivity contribution is 6.67. The molecule has 0 saturated carbocycles. The Labute approximate surface area is 154 Å². The molecule has 0 N–H and O–H groups in total. The Balaban J connectivity index is 4.00. The average molecular weight is 359 g/mol. The van der Waals surface area contributed by atoms with Crippen LogP contribution in [-0.2, 0) is 8.85 Å². The SMILES string of the molecule is CCCCCCCCCCO[Si](CC)(CC)OC(CC)CCCC. The number of hydrogen-bond acceptors (Lipinski definition) is 2. The van der Waals surface area contributed by atoms with E-state index in [2.05, 4.69) is 34.6 Å². The van der Waals surface area contributed by atoms with Crippen molar-refractivity contribution in [1.29, 1.82) is 0 Å². The van der Waals surface area contributed by atoms with E-state index < -0.39 is 8.56 Å². The minimum atomic E-state index is -1.96. The highest BCUT2D eigenvalue weighted by Gasteiger charge is 2.35. The van der Waals surface area contributed by atoms with Crippen molar-refractivity contribution in [3.63, 3.8) is 0 Å². The van der Waals surface area contributed by atoms with Crippen molar-refractivity contribution in [3.8, 4) is 0 Å². The molecule has 0 amide bonds. The molecule has 0 heterocycles. The lowest BCUT2D eigenvalue weighted by Crippen LogP contribution is -2.44. The van der Waals surface area contributed by atoms with E-state index in [0.717, 1.165) is 25.1 Å². The van der Waals surface area contributed by atoms with Gasteiger partial charge < -0.3 is 8.85 Å². The van der Waals surface area contributed by atoms with Crippen LogP contribution in [0.3, 0.4) is 0 Å². The molecule has 0 bridgehead atoms. The standard InChI is InChI=1S/C21H46O2Si/c1-6-11-13-14-15-16-17-18-20-22-24(9-4,10-5)23-21(8-3)19-12-7-2/h21H,6-20H2,1-5H3. The monoisotopic (exact) mass is 358 g/mol. The molecule has 0 aromatic heterocycles. The average Bonchev–Trinajstić information content (AvgIpc) is 2.62. The first-order chi connectivity index (χ1) is 11.7. The zero-order valence-corrected chi connectivity index (χ0v) is 18.5. The first-order valence-electron chi connectivity index (χ1n) is 11.0. The Hall–Kier alpha value is 0.137. The summed E-state index contributed by atoms with van der Waals surface area (Å²) in [6, 6.07) is 2.17. The second-order valence-electron chi connectivity index (χ2n) is 7.23. The van der Waals surface area contributed by atoms with Crippen LogP contribution in [0.15, 0.2) is 0 Å². The Bertz CT molecular complexity index is 254. The summed E-state index contributed by atoms with van der Waals surface area (Å²) in [6.07, 6.45) is 16.1. The summed E-state index contributed by atoms with van der Waals surface area (Å²) in [4.78, 5) is 0. The first-order valence-corrected chi connectivity index (χ1v) is 13.2. The van der Waals surface area contributed by atoms with Gasteiger partial charge in [-0.2, -0.15) is 0 Å². The fourth-order valence-corrected chi connectivity index (χ4v) is 5.95. The molecular formula is C21H46O2Si. The maximum Gasteiger partial charge on any atom is 0.337 e. The summed E-state index contributed by atoms with van der Waals surface area (Å²) in [5.74, 6) is 0. The van der Waals surface area contributed by atoms with Crippen LogP contribution < -0.4 is 0 Å². The normalized spacial score (nSPS) is 13.4. The molecular weight excluding hydrogens is 312 g/mol. The van der Waals surface area contributed by atoms with Gasteiger partial charge in [0.2, 0.25) is 0 Å². The van der Waals surface area contributed by atoms with Gasteiger partial charge in [0, 0.05) is 12.7 Å². The van der Waals surface area contributed by atoms with E-state index in [1.54, 1.807) is 0 Å². The first kappa shape index (κ1) is 24.1. The Morgan fingerprint density at radius 3 is 1.71 bits per heavy atom. The van der Waals surface area contributed by atoms with Gasteiger partial charge in [-0.1, -0.05) is 92.4 Å².